The first-order chi connectivity index (χ1) is 7.57. The molecule has 0 aliphatic carbocycles. The third-order valence-corrected chi connectivity index (χ3v) is 2.54. The van der Waals surface area contributed by atoms with E-state index < -0.39 is 0 Å². The van der Waals surface area contributed by atoms with Gasteiger partial charge in [-0.05, 0) is 26.8 Å². The molecule has 1 aromatic rings. The van der Waals surface area contributed by atoms with E-state index in [0.717, 1.165) is 11.4 Å². The molecule has 1 rings (SSSR count). The molecule has 90 valence electrons. The van der Waals surface area contributed by atoms with Crippen LogP contribution >= 0.6 is 0 Å². The fourth-order valence-electron chi connectivity index (χ4n) is 1.72. The van der Waals surface area contributed by atoms with Gasteiger partial charge in [0.05, 0.1) is 6.61 Å². The SMILES string of the molecule is CC(C)N(CCO)c1ncccc1[C@H](C)N. The Balaban J connectivity index is 3.07. The average Bonchev–Trinajstić information content (AvgIpc) is 2.25. The minimum Gasteiger partial charge on any atom is -0.395 e. The summed E-state index contributed by atoms with van der Waals surface area (Å²) >= 11 is 0. The van der Waals surface area contributed by atoms with Crippen molar-refractivity contribution in [3.8, 4) is 0 Å². The third kappa shape index (κ3) is 2.93. The molecule has 0 saturated carbocycles. The third-order valence-electron chi connectivity index (χ3n) is 2.54. The Morgan fingerprint density at radius 2 is 2.12 bits per heavy atom. The minimum atomic E-state index is -0.0522. The lowest BCUT2D eigenvalue weighted by Gasteiger charge is -2.29. The number of nitrogens with two attached hydrogens (primary N) is 1. The molecule has 0 aromatic carbocycles. The van der Waals surface area contributed by atoms with Gasteiger partial charge < -0.3 is 15.7 Å². The number of aliphatic hydroxyl groups excluding tert-OH is 1. The van der Waals surface area contributed by atoms with E-state index >= 15 is 0 Å². The second kappa shape index (κ2) is 5.82. The zero-order valence-corrected chi connectivity index (χ0v) is 10.2. The number of hydrogen-bond donors (Lipinski definition) is 2. The summed E-state index contributed by atoms with van der Waals surface area (Å²) in [4.78, 5) is 6.44. The predicted molar refractivity (Wildman–Crippen MR) is 66.4 cm³/mol. The maximum Gasteiger partial charge on any atom is 0.133 e. The number of pyridine rings is 1. The number of anilines is 1. The molecule has 16 heavy (non-hydrogen) atoms. The van der Waals surface area contributed by atoms with E-state index in [1.54, 1.807) is 6.20 Å². The Bertz CT molecular complexity index is 326. The molecular formula is C12H21N3O. The quantitative estimate of drug-likeness (QED) is 0.790. The van der Waals surface area contributed by atoms with E-state index in [9.17, 15) is 0 Å². The van der Waals surface area contributed by atoms with Gasteiger partial charge in [0.25, 0.3) is 0 Å². The van der Waals surface area contributed by atoms with Crippen LogP contribution in [0.2, 0.25) is 0 Å². The van der Waals surface area contributed by atoms with Gasteiger partial charge in [-0.3, -0.25) is 0 Å². The maximum absolute atomic E-state index is 9.08. The zero-order valence-electron chi connectivity index (χ0n) is 10.2. The standard InChI is InChI=1S/C12H21N3O/c1-9(2)15(7-8-16)12-11(10(3)13)5-4-6-14-12/h4-6,9-10,16H,7-8,13H2,1-3H3/t10-/m0/s1. The summed E-state index contributed by atoms with van der Waals surface area (Å²) in [7, 11) is 0. The monoisotopic (exact) mass is 223 g/mol. The molecule has 0 aliphatic heterocycles. The lowest BCUT2D eigenvalue weighted by Crippen LogP contribution is -2.35. The molecule has 0 spiro atoms. The number of nitrogens with zero attached hydrogens (tertiary/aromatic N) is 2. The number of aliphatic hydroxyl groups is 1. The summed E-state index contributed by atoms with van der Waals surface area (Å²) in [5.74, 6) is 0.876. The molecule has 0 fully saturated rings. The molecule has 0 bridgehead atoms. The van der Waals surface area contributed by atoms with Crippen LogP contribution in [0.3, 0.4) is 0 Å². The van der Waals surface area contributed by atoms with Crippen LogP contribution in [0.5, 0.6) is 0 Å². The van der Waals surface area contributed by atoms with Gasteiger partial charge in [0.2, 0.25) is 0 Å². The van der Waals surface area contributed by atoms with Crippen LogP contribution in [0.25, 0.3) is 0 Å². The Morgan fingerprint density at radius 3 is 2.62 bits per heavy atom. The van der Waals surface area contributed by atoms with Crippen LogP contribution < -0.4 is 10.6 Å². The molecule has 0 radical (unpaired) electrons. The molecule has 1 aromatic heterocycles. The van der Waals surface area contributed by atoms with E-state index in [1.165, 1.54) is 0 Å². The predicted octanol–water partition coefficient (Wildman–Crippen LogP) is 1.31. The molecule has 0 saturated heterocycles. The van der Waals surface area contributed by atoms with Crippen molar-refractivity contribution in [1.29, 1.82) is 0 Å². The van der Waals surface area contributed by atoms with Gasteiger partial charge in [-0.15, -0.1) is 0 Å². The highest BCUT2D eigenvalue weighted by Gasteiger charge is 2.16. The Morgan fingerprint density at radius 1 is 1.44 bits per heavy atom. The van der Waals surface area contributed by atoms with E-state index in [2.05, 4.69) is 23.7 Å². The van der Waals surface area contributed by atoms with Crippen LogP contribution in [-0.2, 0) is 0 Å². The van der Waals surface area contributed by atoms with E-state index in [0.29, 0.717) is 12.6 Å². The van der Waals surface area contributed by atoms with Crippen LogP contribution in [0, 0.1) is 0 Å². The largest absolute Gasteiger partial charge is 0.395 e. The van der Waals surface area contributed by atoms with Crippen molar-refractivity contribution in [2.75, 3.05) is 18.1 Å². The van der Waals surface area contributed by atoms with Gasteiger partial charge in [0.15, 0.2) is 0 Å². The summed E-state index contributed by atoms with van der Waals surface area (Å²) in [5.41, 5.74) is 6.94. The van der Waals surface area contributed by atoms with Gasteiger partial charge in [-0.2, -0.15) is 0 Å². The first kappa shape index (κ1) is 12.9. The van der Waals surface area contributed by atoms with Crippen molar-refractivity contribution in [2.24, 2.45) is 5.73 Å². The topological polar surface area (TPSA) is 62.4 Å². The summed E-state index contributed by atoms with van der Waals surface area (Å²) < 4.78 is 0. The first-order valence-electron chi connectivity index (χ1n) is 5.66. The van der Waals surface area contributed by atoms with Crippen LogP contribution in [0.1, 0.15) is 32.4 Å². The zero-order chi connectivity index (χ0) is 12.1. The average molecular weight is 223 g/mol. The lowest BCUT2D eigenvalue weighted by molar-refractivity contribution is 0.298. The highest BCUT2D eigenvalue weighted by atomic mass is 16.3. The molecule has 0 aliphatic rings. The minimum absolute atomic E-state index is 0.0522. The second-order valence-electron chi connectivity index (χ2n) is 4.22. The molecule has 3 N–H and O–H groups in total. The smallest absolute Gasteiger partial charge is 0.133 e. The van der Waals surface area contributed by atoms with Crippen molar-refractivity contribution in [2.45, 2.75) is 32.9 Å². The molecule has 0 unspecified atom stereocenters. The maximum atomic E-state index is 9.08. The van der Waals surface area contributed by atoms with Crippen LogP contribution in [0.15, 0.2) is 18.3 Å². The Labute approximate surface area is 97.1 Å². The van der Waals surface area contributed by atoms with Crippen LogP contribution in [0.4, 0.5) is 5.82 Å². The molecule has 4 nitrogen and oxygen atoms in total. The molecular weight excluding hydrogens is 202 g/mol. The van der Waals surface area contributed by atoms with Crippen molar-refractivity contribution in [1.82, 2.24) is 4.98 Å². The molecule has 1 heterocycles. The van der Waals surface area contributed by atoms with Crippen molar-refractivity contribution in [3.63, 3.8) is 0 Å². The fourth-order valence-corrected chi connectivity index (χ4v) is 1.72. The number of aromatic nitrogens is 1. The van der Waals surface area contributed by atoms with E-state index in [1.807, 2.05) is 19.1 Å². The van der Waals surface area contributed by atoms with Crippen molar-refractivity contribution < 1.29 is 5.11 Å². The van der Waals surface area contributed by atoms with Crippen molar-refractivity contribution in [3.05, 3.63) is 23.9 Å². The van der Waals surface area contributed by atoms with E-state index in [-0.39, 0.29) is 12.6 Å². The van der Waals surface area contributed by atoms with Gasteiger partial charge >= 0.3 is 0 Å². The molecule has 4 heteroatoms. The summed E-state index contributed by atoms with van der Waals surface area (Å²) in [6.07, 6.45) is 1.76. The van der Waals surface area contributed by atoms with Gasteiger partial charge in [-0.1, -0.05) is 6.07 Å². The molecule has 1 atom stereocenters. The van der Waals surface area contributed by atoms with E-state index in [4.69, 9.17) is 10.8 Å². The Hall–Kier alpha value is -1.13. The summed E-state index contributed by atoms with van der Waals surface area (Å²) in [5, 5.41) is 9.08. The second-order valence-corrected chi connectivity index (χ2v) is 4.22. The highest BCUT2D eigenvalue weighted by molar-refractivity contribution is 5.48. The summed E-state index contributed by atoms with van der Waals surface area (Å²) in [6, 6.07) is 4.11. The van der Waals surface area contributed by atoms with Gasteiger partial charge in [-0.25, -0.2) is 4.98 Å². The van der Waals surface area contributed by atoms with Crippen molar-refractivity contribution >= 4 is 5.82 Å². The highest BCUT2D eigenvalue weighted by Crippen LogP contribution is 2.23. The Kier molecular flexibility index (Phi) is 4.71. The fraction of sp³-hybridized carbons (Fsp3) is 0.583. The number of hydrogen-bond acceptors (Lipinski definition) is 4. The lowest BCUT2D eigenvalue weighted by atomic mass is 10.1. The normalized spacial score (nSPS) is 12.9. The van der Waals surface area contributed by atoms with Crippen LogP contribution in [-0.4, -0.2) is 29.3 Å². The van der Waals surface area contributed by atoms with Gasteiger partial charge in [0, 0.05) is 30.4 Å². The number of rotatable bonds is 5. The molecule has 0 amide bonds. The van der Waals surface area contributed by atoms with Gasteiger partial charge in [0.1, 0.15) is 5.82 Å². The summed E-state index contributed by atoms with van der Waals surface area (Å²) in [6.45, 7) is 6.80. The first-order valence-corrected chi connectivity index (χ1v) is 5.66.